The molecule has 0 bridgehead atoms. The van der Waals surface area contributed by atoms with Crippen molar-refractivity contribution in [2.24, 2.45) is 0 Å². The molecule has 3 aromatic rings. The number of halogens is 1. The van der Waals surface area contributed by atoms with Crippen molar-refractivity contribution in [3.8, 4) is 16.3 Å². The van der Waals surface area contributed by atoms with Crippen molar-refractivity contribution < 1.29 is 19.4 Å². The fraction of sp³-hybridized carbons (Fsp3) is 0.391. The molecule has 0 radical (unpaired) electrons. The van der Waals surface area contributed by atoms with E-state index in [-0.39, 0.29) is 12.5 Å². The van der Waals surface area contributed by atoms with Crippen LogP contribution in [0, 0.1) is 0 Å². The number of carboxylic acid groups (broad SMARTS) is 1. The molecule has 0 saturated heterocycles. The number of rotatable bonds is 5. The summed E-state index contributed by atoms with van der Waals surface area (Å²) >= 11 is 7.48. The van der Waals surface area contributed by atoms with Crippen LogP contribution in [-0.2, 0) is 11.3 Å². The summed E-state index contributed by atoms with van der Waals surface area (Å²) in [6, 6.07) is 9.43. The minimum atomic E-state index is -1.34. The Morgan fingerprint density at radius 2 is 1.87 bits per heavy atom. The summed E-state index contributed by atoms with van der Waals surface area (Å²) in [6.45, 7) is 0.164. The molecule has 1 N–H and O–H groups in total. The van der Waals surface area contributed by atoms with E-state index in [2.05, 4.69) is 0 Å². The second-order valence-electron chi connectivity index (χ2n) is 8.13. The topological polar surface area (TPSA) is 71.8 Å². The van der Waals surface area contributed by atoms with Gasteiger partial charge in [0, 0.05) is 25.2 Å². The summed E-state index contributed by atoms with van der Waals surface area (Å²) < 4.78 is 7.99. The van der Waals surface area contributed by atoms with Crippen molar-refractivity contribution in [2.75, 3.05) is 14.1 Å². The van der Waals surface area contributed by atoms with Gasteiger partial charge in [0.25, 0.3) is 0 Å². The first-order chi connectivity index (χ1) is 14.8. The van der Waals surface area contributed by atoms with Crippen LogP contribution in [0.25, 0.3) is 21.5 Å². The Balaban J connectivity index is 1.97. The summed E-state index contributed by atoms with van der Waals surface area (Å²) in [6.07, 6.45) is 4.38. The highest BCUT2D eigenvalue weighted by molar-refractivity contribution is 7.21. The maximum Gasteiger partial charge on any atom is 0.512 e. The number of benzene rings is 1. The molecular weight excluding hydrogens is 436 g/mol. The normalized spacial score (nSPS) is 14.7. The van der Waals surface area contributed by atoms with Gasteiger partial charge in [0.2, 0.25) is 5.91 Å². The zero-order chi connectivity index (χ0) is 22.1. The van der Waals surface area contributed by atoms with Gasteiger partial charge in [-0.2, -0.15) is 0 Å². The van der Waals surface area contributed by atoms with E-state index in [1.54, 1.807) is 25.1 Å². The number of likely N-dealkylation sites (N-methyl/N-ethyl adjacent to an activating group) is 1. The molecule has 0 spiro atoms. The third kappa shape index (κ3) is 4.43. The van der Waals surface area contributed by atoms with Crippen LogP contribution in [-0.4, -0.2) is 40.7 Å². The van der Waals surface area contributed by atoms with E-state index in [9.17, 15) is 9.59 Å². The largest absolute Gasteiger partial charge is 0.512 e. The number of hydrogen-bond donors (Lipinski definition) is 1. The molecule has 1 saturated carbocycles. The van der Waals surface area contributed by atoms with E-state index in [0.29, 0.717) is 16.0 Å². The summed E-state index contributed by atoms with van der Waals surface area (Å²) in [5.74, 6) is 0.322. The molecule has 6 nitrogen and oxygen atoms in total. The summed E-state index contributed by atoms with van der Waals surface area (Å²) in [4.78, 5) is 25.4. The fourth-order valence-corrected chi connectivity index (χ4v) is 5.65. The second kappa shape index (κ2) is 8.93. The summed E-state index contributed by atoms with van der Waals surface area (Å²) in [5.41, 5.74) is 4.04. The predicted octanol–water partition coefficient (Wildman–Crippen LogP) is 6.22. The molecule has 164 valence electrons. The van der Waals surface area contributed by atoms with E-state index >= 15 is 0 Å². The summed E-state index contributed by atoms with van der Waals surface area (Å²) in [5, 5.41) is 10.1. The maximum absolute atomic E-state index is 12.7. The number of nitrogens with zero attached hydrogens (tertiary/aromatic N) is 2. The molecule has 8 heteroatoms. The molecule has 1 aliphatic rings. The average molecular weight is 461 g/mol. The minimum absolute atomic E-state index is 0.0331. The Morgan fingerprint density at radius 3 is 2.48 bits per heavy atom. The third-order valence-corrected chi connectivity index (χ3v) is 7.15. The first kappa shape index (κ1) is 21.7. The molecule has 31 heavy (non-hydrogen) atoms. The fourth-order valence-electron chi connectivity index (χ4n) is 4.39. The maximum atomic E-state index is 12.7. The van der Waals surface area contributed by atoms with Crippen molar-refractivity contribution >= 4 is 45.2 Å². The van der Waals surface area contributed by atoms with Gasteiger partial charge in [-0.15, -0.1) is 0 Å². The molecule has 1 fully saturated rings. The lowest BCUT2D eigenvalue weighted by Gasteiger charge is -2.24. The van der Waals surface area contributed by atoms with Gasteiger partial charge >= 0.3 is 6.16 Å². The molecule has 1 amide bonds. The van der Waals surface area contributed by atoms with Crippen LogP contribution in [0.5, 0.6) is 5.06 Å². The van der Waals surface area contributed by atoms with E-state index in [1.807, 2.05) is 28.8 Å². The number of aromatic nitrogens is 1. The van der Waals surface area contributed by atoms with E-state index in [1.165, 1.54) is 23.3 Å². The number of amides is 1. The Labute approximate surface area is 190 Å². The van der Waals surface area contributed by atoms with Crippen LogP contribution in [0.1, 0.15) is 43.6 Å². The number of carbonyl (C=O) groups excluding carboxylic acids is 1. The van der Waals surface area contributed by atoms with Crippen LogP contribution >= 0.6 is 22.9 Å². The minimum Gasteiger partial charge on any atom is -0.449 e. The van der Waals surface area contributed by atoms with Crippen LogP contribution in [0.15, 0.2) is 30.3 Å². The highest BCUT2D eigenvalue weighted by atomic mass is 35.5. The first-order valence-corrected chi connectivity index (χ1v) is 11.6. The predicted molar refractivity (Wildman–Crippen MR) is 123 cm³/mol. The smallest absolute Gasteiger partial charge is 0.449 e. The van der Waals surface area contributed by atoms with Gasteiger partial charge in [0.05, 0.1) is 15.9 Å². The molecule has 0 unspecified atom stereocenters. The Kier molecular flexibility index (Phi) is 6.25. The molecular formula is C23H25ClN2O4S. The van der Waals surface area contributed by atoms with Crippen LogP contribution < -0.4 is 4.74 Å². The molecule has 2 aromatic heterocycles. The molecule has 1 aromatic carbocycles. The zero-order valence-electron chi connectivity index (χ0n) is 17.6. The lowest BCUT2D eigenvalue weighted by atomic mass is 9.83. The quantitative estimate of drug-likeness (QED) is 0.459. The lowest BCUT2D eigenvalue weighted by Crippen LogP contribution is -2.26. The standard InChI is InChI=1S/C23H25ClN2O4S/c1-25(2)18(27)13-26-17-12-19(30-23(28)29)31-22(17)20(14-6-4-3-5-7-14)21(26)15-8-10-16(24)11-9-15/h8-12,14H,3-7,13H2,1-2H3,(H,28,29). The van der Waals surface area contributed by atoms with Crippen molar-refractivity contribution in [2.45, 2.75) is 44.6 Å². The monoisotopic (exact) mass is 460 g/mol. The number of ether oxygens (including phenoxy) is 1. The number of hydrogen-bond acceptors (Lipinski definition) is 4. The van der Waals surface area contributed by atoms with E-state index in [4.69, 9.17) is 21.4 Å². The van der Waals surface area contributed by atoms with Crippen LogP contribution in [0.4, 0.5) is 4.79 Å². The first-order valence-electron chi connectivity index (χ1n) is 10.4. The number of fused-ring (bicyclic) bond motifs is 1. The van der Waals surface area contributed by atoms with Crippen molar-refractivity contribution in [1.29, 1.82) is 0 Å². The van der Waals surface area contributed by atoms with Gasteiger partial charge in [-0.05, 0) is 42.0 Å². The number of thiophene rings is 1. The van der Waals surface area contributed by atoms with Crippen molar-refractivity contribution in [3.63, 3.8) is 0 Å². The van der Waals surface area contributed by atoms with Crippen molar-refractivity contribution in [1.82, 2.24) is 9.47 Å². The van der Waals surface area contributed by atoms with Crippen molar-refractivity contribution in [3.05, 3.63) is 40.9 Å². The lowest BCUT2D eigenvalue weighted by molar-refractivity contribution is -0.129. The van der Waals surface area contributed by atoms with Gasteiger partial charge in [-0.25, -0.2) is 4.79 Å². The third-order valence-electron chi connectivity index (χ3n) is 5.86. The highest BCUT2D eigenvalue weighted by Gasteiger charge is 2.29. The molecule has 0 atom stereocenters. The van der Waals surface area contributed by atoms with Crippen LogP contribution in [0.2, 0.25) is 5.02 Å². The van der Waals surface area contributed by atoms with Gasteiger partial charge in [-0.3, -0.25) is 4.79 Å². The van der Waals surface area contributed by atoms with Gasteiger partial charge in [-0.1, -0.05) is 54.3 Å². The van der Waals surface area contributed by atoms with E-state index in [0.717, 1.165) is 47.2 Å². The second-order valence-corrected chi connectivity index (χ2v) is 9.58. The van der Waals surface area contributed by atoms with Gasteiger partial charge in [0.1, 0.15) is 6.54 Å². The van der Waals surface area contributed by atoms with E-state index < -0.39 is 6.16 Å². The zero-order valence-corrected chi connectivity index (χ0v) is 19.1. The number of carbonyl (C=O) groups is 2. The molecule has 4 rings (SSSR count). The van der Waals surface area contributed by atoms with Gasteiger partial charge < -0.3 is 19.3 Å². The average Bonchev–Trinajstić information content (AvgIpc) is 3.25. The Morgan fingerprint density at radius 1 is 1.19 bits per heavy atom. The van der Waals surface area contributed by atoms with Gasteiger partial charge in [0.15, 0.2) is 5.06 Å². The molecule has 0 aliphatic heterocycles. The SMILES string of the molecule is CN(C)C(=O)Cn1c(-c2ccc(Cl)cc2)c(C2CCCCC2)c2sc(OC(=O)O)cc21. The molecule has 1 aliphatic carbocycles. The Hall–Kier alpha value is -2.51. The molecule has 2 heterocycles. The highest BCUT2D eigenvalue weighted by Crippen LogP contribution is 2.48. The van der Waals surface area contributed by atoms with Crippen LogP contribution in [0.3, 0.4) is 0 Å². The Bertz CT molecular complexity index is 1110. The summed E-state index contributed by atoms with van der Waals surface area (Å²) in [7, 11) is 3.47.